The molecule has 6 heteroatoms. The number of carbonyl (C=O) groups excluding carboxylic acids is 3. The van der Waals surface area contributed by atoms with Crippen LogP contribution in [0.25, 0.3) is 11.0 Å². The van der Waals surface area contributed by atoms with E-state index in [1.807, 2.05) is 0 Å². The standard InChI is InChI=1S/C11H6N2O4/c1-4(14)9-12-7-2-5-6(3-8(7)13-9)11(16)17-10(5)15/h2-3H,1H3,(H,12,13). The number of ether oxygens (including phenoxy) is 1. The van der Waals surface area contributed by atoms with Gasteiger partial charge in [0.25, 0.3) is 0 Å². The monoisotopic (exact) mass is 230 g/mol. The second-order valence-corrected chi connectivity index (χ2v) is 3.73. The van der Waals surface area contributed by atoms with E-state index in [4.69, 9.17) is 0 Å². The van der Waals surface area contributed by atoms with Crippen molar-refractivity contribution in [2.45, 2.75) is 6.92 Å². The lowest BCUT2D eigenvalue weighted by atomic mass is 10.1. The quantitative estimate of drug-likeness (QED) is 0.449. The van der Waals surface area contributed by atoms with E-state index in [9.17, 15) is 14.4 Å². The average Bonchev–Trinajstić information content (AvgIpc) is 2.79. The van der Waals surface area contributed by atoms with E-state index < -0.39 is 11.9 Å². The number of Topliss-reactive ketones (excluding diaryl/α,β-unsaturated/α-hetero) is 1. The number of fused-ring (bicyclic) bond motifs is 2. The number of aromatic nitrogens is 2. The first kappa shape index (κ1) is 9.71. The molecule has 0 atom stereocenters. The molecule has 0 bridgehead atoms. The number of rotatable bonds is 1. The van der Waals surface area contributed by atoms with E-state index in [2.05, 4.69) is 14.7 Å². The largest absolute Gasteiger partial charge is 0.386 e. The van der Waals surface area contributed by atoms with Crippen molar-refractivity contribution in [2.24, 2.45) is 0 Å². The van der Waals surface area contributed by atoms with Gasteiger partial charge in [-0.25, -0.2) is 14.6 Å². The molecule has 1 aromatic heterocycles. The summed E-state index contributed by atoms with van der Waals surface area (Å²) < 4.78 is 4.46. The first-order valence-corrected chi connectivity index (χ1v) is 4.87. The molecule has 0 unspecified atom stereocenters. The molecule has 1 aliphatic rings. The Bertz CT molecular complexity index is 648. The van der Waals surface area contributed by atoms with Crippen LogP contribution in [0.15, 0.2) is 12.1 Å². The first-order valence-electron chi connectivity index (χ1n) is 4.87. The summed E-state index contributed by atoms with van der Waals surface area (Å²) >= 11 is 0. The van der Waals surface area contributed by atoms with Crippen LogP contribution in [0, 0.1) is 0 Å². The number of carbonyl (C=O) groups is 3. The van der Waals surface area contributed by atoms with Crippen LogP contribution in [0.1, 0.15) is 38.3 Å². The van der Waals surface area contributed by atoms with E-state index >= 15 is 0 Å². The lowest BCUT2D eigenvalue weighted by molar-refractivity contribution is 0.0443. The highest BCUT2D eigenvalue weighted by atomic mass is 16.6. The molecule has 0 aliphatic carbocycles. The second-order valence-electron chi connectivity index (χ2n) is 3.73. The molecule has 1 N–H and O–H groups in total. The van der Waals surface area contributed by atoms with Crippen molar-refractivity contribution in [1.29, 1.82) is 0 Å². The summed E-state index contributed by atoms with van der Waals surface area (Å²) in [6.07, 6.45) is 0. The summed E-state index contributed by atoms with van der Waals surface area (Å²) in [5.74, 6) is -1.37. The topological polar surface area (TPSA) is 89.1 Å². The molecule has 0 saturated heterocycles. The zero-order valence-electron chi connectivity index (χ0n) is 8.73. The molecule has 2 aromatic rings. The van der Waals surface area contributed by atoms with Crippen LogP contribution in [-0.2, 0) is 4.74 Å². The summed E-state index contributed by atoms with van der Waals surface area (Å²) in [4.78, 5) is 40.6. The fourth-order valence-electron chi connectivity index (χ4n) is 1.76. The van der Waals surface area contributed by atoms with Crippen molar-refractivity contribution in [3.05, 3.63) is 29.1 Å². The van der Waals surface area contributed by atoms with E-state index in [-0.39, 0.29) is 22.7 Å². The lowest BCUT2D eigenvalue weighted by Crippen LogP contribution is -1.97. The third kappa shape index (κ3) is 1.27. The fourth-order valence-corrected chi connectivity index (χ4v) is 1.76. The van der Waals surface area contributed by atoms with Gasteiger partial charge in [0.1, 0.15) is 0 Å². The van der Waals surface area contributed by atoms with Crippen LogP contribution in [0.3, 0.4) is 0 Å². The second kappa shape index (κ2) is 3.00. The molecular formula is C11H6N2O4. The normalized spacial score (nSPS) is 13.9. The van der Waals surface area contributed by atoms with Crippen LogP contribution < -0.4 is 0 Å². The first-order chi connectivity index (χ1) is 8.06. The summed E-state index contributed by atoms with van der Waals surface area (Å²) in [5, 5.41) is 0. The number of hydrogen-bond donors (Lipinski definition) is 1. The maximum Gasteiger partial charge on any atom is 0.346 e. The van der Waals surface area contributed by atoms with Crippen molar-refractivity contribution in [3.8, 4) is 0 Å². The van der Waals surface area contributed by atoms with Crippen molar-refractivity contribution in [3.63, 3.8) is 0 Å². The molecule has 0 amide bonds. The maximum absolute atomic E-state index is 11.3. The van der Waals surface area contributed by atoms with Gasteiger partial charge in [0, 0.05) is 6.92 Å². The smallest absolute Gasteiger partial charge is 0.346 e. The van der Waals surface area contributed by atoms with Crippen LogP contribution in [-0.4, -0.2) is 27.7 Å². The zero-order valence-corrected chi connectivity index (χ0v) is 8.73. The Morgan fingerprint density at radius 2 is 1.88 bits per heavy atom. The average molecular weight is 230 g/mol. The Balaban J connectivity index is 2.31. The van der Waals surface area contributed by atoms with Crippen LogP contribution >= 0.6 is 0 Å². The number of nitrogens with one attached hydrogen (secondary N) is 1. The SMILES string of the molecule is CC(=O)c1nc2cc3c(cc2[nH]1)C(=O)OC3=O. The zero-order chi connectivity index (χ0) is 12.2. The van der Waals surface area contributed by atoms with Crippen LogP contribution in [0.2, 0.25) is 0 Å². The number of ketones is 1. The highest BCUT2D eigenvalue weighted by Crippen LogP contribution is 2.24. The number of nitrogens with zero attached hydrogens (tertiary/aromatic N) is 1. The van der Waals surface area contributed by atoms with Gasteiger partial charge in [0.2, 0.25) is 0 Å². The molecule has 6 nitrogen and oxygen atoms in total. The van der Waals surface area contributed by atoms with E-state index in [1.54, 1.807) is 0 Å². The summed E-state index contributed by atoms with van der Waals surface area (Å²) in [7, 11) is 0. The van der Waals surface area contributed by atoms with Crippen molar-refractivity contribution < 1.29 is 19.1 Å². The summed E-state index contributed by atoms with van der Waals surface area (Å²) in [6, 6.07) is 2.91. The minimum absolute atomic E-state index is 0.184. The van der Waals surface area contributed by atoms with E-state index in [0.29, 0.717) is 11.0 Å². The fraction of sp³-hybridized carbons (Fsp3) is 0.0909. The lowest BCUT2D eigenvalue weighted by Gasteiger charge is -1.91. The van der Waals surface area contributed by atoms with Crippen LogP contribution in [0.4, 0.5) is 0 Å². The molecule has 3 rings (SSSR count). The molecular weight excluding hydrogens is 224 g/mol. The van der Waals surface area contributed by atoms with Gasteiger partial charge in [-0.3, -0.25) is 4.79 Å². The number of H-pyrrole nitrogens is 1. The van der Waals surface area contributed by atoms with E-state index in [0.717, 1.165) is 0 Å². The number of imidazole rings is 1. The minimum atomic E-state index is -0.681. The molecule has 2 heterocycles. The Hall–Kier alpha value is -2.50. The molecule has 0 fully saturated rings. The van der Waals surface area contributed by atoms with Gasteiger partial charge in [-0.05, 0) is 12.1 Å². The third-order valence-electron chi connectivity index (χ3n) is 2.58. The predicted octanol–water partition coefficient (Wildman–Crippen LogP) is 1.08. The molecule has 1 aromatic carbocycles. The van der Waals surface area contributed by atoms with E-state index in [1.165, 1.54) is 19.1 Å². The van der Waals surface area contributed by atoms with Gasteiger partial charge in [0.05, 0.1) is 22.2 Å². The molecule has 1 aliphatic heterocycles. The Kier molecular flexibility index (Phi) is 1.72. The van der Waals surface area contributed by atoms with Gasteiger partial charge in [-0.1, -0.05) is 0 Å². The van der Waals surface area contributed by atoms with Gasteiger partial charge in [-0.2, -0.15) is 0 Å². The highest BCUT2D eigenvalue weighted by Gasteiger charge is 2.30. The minimum Gasteiger partial charge on any atom is -0.386 e. The van der Waals surface area contributed by atoms with Gasteiger partial charge in [0.15, 0.2) is 11.6 Å². The van der Waals surface area contributed by atoms with Crippen molar-refractivity contribution in [2.75, 3.05) is 0 Å². The van der Waals surface area contributed by atoms with Crippen molar-refractivity contribution >= 4 is 28.8 Å². The molecule has 0 radical (unpaired) electrons. The Morgan fingerprint density at radius 1 is 1.24 bits per heavy atom. The third-order valence-corrected chi connectivity index (χ3v) is 2.58. The molecule has 0 spiro atoms. The molecule has 84 valence electrons. The molecule has 17 heavy (non-hydrogen) atoms. The number of cyclic esters (lactones) is 2. The van der Waals surface area contributed by atoms with Gasteiger partial charge < -0.3 is 9.72 Å². The summed E-state index contributed by atoms with van der Waals surface area (Å²) in [6.45, 7) is 1.38. The summed E-state index contributed by atoms with van der Waals surface area (Å²) in [5.41, 5.74) is 1.37. The van der Waals surface area contributed by atoms with Crippen LogP contribution in [0.5, 0.6) is 0 Å². The number of hydrogen-bond acceptors (Lipinski definition) is 5. The van der Waals surface area contributed by atoms with Gasteiger partial charge in [-0.15, -0.1) is 0 Å². The molecule has 0 saturated carbocycles. The predicted molar refractivity (Wildman–Crippen MR) is 55.8 cm³/mol. The highest BCUT2D eigenvalue weighted by molar-refractivity contribution is 6.16. The number of aromatic amines is 1. The van der Waals surface area contributed by atoms with Gasteiger partial charge >= 0.3 is 11.9 Å². The maximum atomic E-state index is 11.3. The number of benzene rings is 1. The number of esters is 2. The van der Waals surface area contributed by atoms with Crippen molar-refractivity contribution in [1.82, 2.24) is 9.97 Å². The Morgan fingerprint density at radius 3 is 2.53 bits per heavy atom. The Labute approximate surface area is 94.6 Å².